The molecule has 5 heteroatoms. The van der Waals surface area contributed by atoms with Crippen LogP contribution < -0.4 is 0 Å². The predicted octanol–water partition coefficient (Wildman–Crippen LogP) is 2.17. The number of carbonyl (C=O) groups is 2. The lowest BCUT2D eigenvalue weighted by Crippen LogP contribution is -2.39. The molecule has 1 amide bonds. The predicted molar refractivity (Wildman–Crippen MR) is 69.7 cm³/mol. The summed E-state index contributed by atoms with van der Waals surface area (Å²) in [5.41, 5.74) is 0. The first-order valence-electron chi connectivity index (χ1n) is 6.09. The Kier molecular flexibility index (Phi) is 3.71. The Hall–Kier alpha value is -1.36. The van der Waals surface area contributed by atoms with Gasteiger partial charge in [-0.1, -0.05) is 6.07 Å². The summed E-state index contributed by atoms with van der Waals surface area (Å²) < 4.78 is 0. The second kappa shape index (κ2) is 5.10. The fourth-order valence-corrected chi connectivity index (χ4v) is 3.27. The maximum absolute atomic E-state index is 12.4. The number of rotatable bonds is 3. The van der Waals surface area contributed by atoms with Crippen molar-refractivity contribution >= 4 is 23.2 Å². The monoisotopic (exact) mass is 267 g/mol. The van der Waals surface area contributed by atoms with E-state index in [1.807, 2.05) is 31.4 Å². The van der Waals surface area contributed by atoms with Gasteiger partial charge in [0.15, 0.2) is 0 Å². The Labute approximate surface area is 110 Å². The molecule has 0 aromatic carbocycles. The molecular formula is C13H17NO3S. The van der Waals surface area contributed by atoms with E-state index in [1.165, 1.54) is 0 Å². The van der Waals surface area contributed by atoms with Gasteiger partial charge < -0.3 is 10.0 Å². The van der Waals surface area contributed by atoms with Crippen LogP contribution in [-0.4, -0.2) is 34.5 Å². The van der Waals surface area contributed by atoms with Crippen LogP contribution in [0.5, 0.6) is 0 Å². The number of carboxylic acid groups (broad SMARTS) is 1. The summed E-state index contributed by atoms with van der Waals surface area (Å²) >= 11 is 1.56. The molecule has 0 bridgehead atoms. The first kappa shape index (κ1) is 13.1. The summed E-state index contributed by atoms with van der Waals surface area (Å²) in [6, 6.07) is 3.66. The van der Waals surface area contributed by atoms with Crippen molar-refractivity contribution in [2.24, 2.45) is 5.92 Å². The van der Waals surface area contributed by atoms with E-state index in [4.69, 9.17) is 5.11 Å². The van der Waals surface area contributed by atoms with Crippen LogP contribution >= 0.6 is 11.3 Å². The van der Waals surface area contributed by atoms with Crippen molar-refractivity contribution in [3.8, 4) is 0 Å². The van der Waals surface area contributed by atoms with Crippen LogP contribution in [0.15, 0.2) is 17.5 Å². The third-order valence-electron chi connectivity index (χ3n) is 3.70. The van der Waals surface area contributed by atoms with Crippen LogP contribution in [-0.2, 0) is 9.59 Å². The van der Waals surface area contributed by atoms with E-state index < -0.39 is 11.9 Å². The third-order valence-corrected chi connectivity index (χ3v) is 4.75. The van der Waals surface area contributed by atoms with Crippen LogP contribution in [0.1, 0.15) is 31.1 Å². The molecule has 1 aliphatic rings. The largest absolute Gasteiger partial charge is 0.481 e. The van der Waals surface area contributed by atoms with Crippen LogP contribution in [0.3, 0.4) is 0 Å². The summed E-state index contributed by atoms with van der Waals surface area (Å²) in [6.07, 6.45) is 0.555. The molecule has 2 rings (SSSR count). The number of carboxylic acids is 1. The molecule has 1 saturated heterocycles. The van der Waals surface area contributed by atoms with Gasteiger partial charge in [-0.05, 0) is 31.7 Å². The van der Waals surface area contributed by atoms with Gasteiger partial charge in [0.05, 0.1) is 11.8 Å². The van der Waals surface area contributed by atoms with Crippen molar-refractivity contribution in [1.82, 2.24) is 4.90 Å². The Bertz CT molecular complexity index is 443. The molecule has 1 aromatic heterocycles. The molecule has 4 nitrogen and oxygen atoms in total. The number of hydrogen-bond acceptors (Lipinski definition) is 3. The van der Waals surface area contributed by atoms with Gasteiger partial charge in [-0.2, -0.15) is 0 Å². The lowest BCUT2D eigenvalue weighted by molar-refractivity contribution is -0.143. The second-order valence-corrected chi connectivity index (χ2v) is 5.72. The van der Waals surface area contributed by atoms with Gasteiger partial charge in [0.1, 0.15) is 0 Å². The first-order valence-corrected chi connectivity index (χ1v) is 6.97. The number of amides is 1. The first-order chi connectivity index (χ1) is 8.52. The maximum Gasteiger partial charge on any atom is 0.308 e. The van der Waals surface area contributed by atoms with E-state index in [1.54, 1.807) is 16.2 Å². The number of nitrogens with zero attached hydrogens (tertiary/aromatic N) is 1. The lowest BCUT2D eigenvalue weighted by atomic mass is 10.0. The minimum absolute atomic E-state index is 0.0358. The average Bonchev–Trinajstić information content (AvgIpc) is 2.95. The van der Waals surface area contributed by atoms with E-state index in [2.05, 4.69) is 0 Å². The van der Waals surface area contributed by atoms with E-state index in [-0.39, 0.29) is 17.9 Å². The minimum Gasteiger partial charge on any atom is -0.481 e. The van der Waals surface area contributed by atoms with E-state index >= 15 is 0 Å². The number of thiophene rings is 1. The van der Waals surface area contributed by atoms with Gasteiger partial charge in [0.25, 0.3) is 0 Å². The highest BCUT2D eigenvalue weighted by atomic mass is 32.1. The lowest BCUT2D eigenvalue weighted by Gasteiger charge is -2.26. The minimum atomic E-state index is -0.804. The SMILES string of the molecule is CC(C(=O)N1CCC(C(=O)O)C1C)c1cccs1. The summed E-state index contributed by atoms with van der Waals surface area (Å²) in [6.45, 7) is 4.26. The van der Waals surface area contributed by atoms with Crippen molar-refractivity contribution < 1.29 is 14.7 Å². The zero-order valence-electron chi connectivity index (χ0n) is 10.5. The van der Waals surface area contributed by atoms with Crippen molar-refractivity contribution in [2.75, 3.05) is 6.54 Å². The van der Waals surface area contributed by atoms with E-state index in [0.717, 1.165) is 4.88 Å². The van der Waals surface area contributed by atoms with Crippen LogP contribution in [0, 0.1) is 5.92 Å². The van der Waals surface area contributed by atoms with E-state index in [9.17, 15) is 9.59 Å². The molecular weight excluding hydrogens is 250 g/mol. The van der Waals surface area contributed by atoms with Crippen molar-refractivity contribution in [1.29, 1.82) is 0 Å². The van der Waals surface area contributed by atoms with Gasteiger partial charge >= 0.3 is 5.97 Å². The third kappa shape index (κ3) is 2.27. The fraction of sp³-hybridized carbons (Fsp3) is 0.538. The summed E-state index contributed by atoms with van der Waals surface area (Å²) in [5, 5.41) is 11.0. The van der Waals surface area contributed by atoms with Crippen LogP contribution in [0.2, 0.25) is 0 Å². The molecule has 0 radical (unpaired) electrons. The van der Waals surface area contributed by atoms with Gasteiger partial charge in [0, 0.05) is 17.5 Å². The molecule has 2 heterocycles. The number of likely N-dealkylation sites (tertiary alicyclic amines) is 1. The highest BCUT2D eigenvalue weighted by Crippen LogP contribution is 2.29. The molecule has 0 saturated carbocycles. The Morgan fingerprint density at radius 1 is 1.56 bits per heavy atom. The highest BCUT2D eigenvalue weighted by molar-refractivity contribution is 7.10. The molecule has 3 unspecified atom stereocenters. The van der Waals surface area contributed by atoms with Crippen LogP contribution in [0.25, 0.3) is 0 Å². The second-order valence-electron chi connectivity index (χ2n) is 4.74. The molecule has 1 fully saturated rings. The quantitative estimate of drug-likeness (QED) is 0.913. The van der Waals surface area contributed by atoms with Crippen molar-refractivity contribution in [2.45, 2.75) is 32.2 Å². The van der Waals surface area contributed by atoms with Gasteiger partial charge in [0.2, 0.25) is 5.91 Å². The summed E-state index contributed by atoms with van der Waals surface area (Å²) in [4.78, 5) is 26.1. The van der Waals surface area contributed by atoms with Gasteiger partial charge in [-0.25, -0.2) is 0 Å². The zero-order valence-corrected chi connectivity index (χ0v) is 11.3. The van der Waals surface area contributed by atoms with E-state index in [0.29, 0.717) is 13.0 Å². The molecule has 0 aliphatic carbocycles. The molecule has 98 valence electrons. The zero-order chi connectivity index (χ0) is 13.3. The molecule has 3 atom stereocenters. The Morgan fingerprint density at radius 2 is 2.28 bits per heavy atom. The van der Waals surface area contributed by atoms with Gasteiger partial charge in [-0.3, -0.25) is 9.59 Å². The van der Waals surface area contributed by atoms with Crippen molar-refractivity contribution in [3.05, 3.63) is 22.4 Å². The molecule has 1 N–H and O–H groups in total. The molecule has 1 aromatic rings. The van der Waals surface area contributed by atoms with Crippen LogP contribution in [0.4, 0.5) is 0 Å². The smallest absolute Gasteiger partial charge is 0.308 e. The number of hydrogen-bond donors (Lipinski definition) is 1. The highest BCUT2D eigenvalue weighted by Gasteiger charge is 2.39. The number of carbonyl (C=O) groups excluding carboxylic acids is 1. The Morgan fingerprint density at radius 3 is 2.78 bits per heavy atom. The van der Waals surface area contributed by atoms with Gasteiger partial charge in [-0.15, -0.1) is 11.3 Å². The Balaban J connectivity index is 2.09. The standard InChI is InChI=1S/C13H17NO3S/c1-8(11-4-3-7-18-11)12(15)14-6-5-10(9(14)2)13(16)17/h3-4,7-10H,5-6H2,1-2H3,(H,16,17). The summed E-state index contributed by atoms with van der Waals surface area (Å²) in [7, 11) is 0. The fourth-order valence-electron chi connectivity index (χ4n) is 2.49. The average molecular weight is 267 g/mol. The summed E-state index contributed by atoms with van der Waals surface area (Å²) in [5.74, 6) is -1.38. The normalized spacial score (nSPS) is 25.1. The maximum atomic E-state index is 12.4. The molecule has 1 aliphatic heterocycles. The molecule has 0 spiro atoms. The molecule has 18 heavy (non-hydrogen) atoms. The number of aliphatic carboxylic acids is 1. The topological polar surface area (TPSA) is 57.6 Å². The van der Waals surface area contributed by atoms with Crippen molar-refractivity contribution in [3.63, 3.8) is 0 Å².